The van der Waals surface area contributed by atoms with E-state index in [1.807, 2.05) is 0 Å². The monoisotopic (exact) mass is 411 g/mol. The number of sulfonamides is 1. The second-order valence-electron chi connectivity index (χ2n) is 4.82. The van der Waals surface area contributed by atoms with Crippen molar-refractivity contribution in [1.82, 2.24) is 14.7 Å². The van der Waals surface area contributed by atoms with Crippen molar-refractivity contribution in [3.63, 3.8) is 0 Å². The molecule has 3 amide bonds. The number of anilines is 2. The molecule has 0 saturated carbocycles. The second kappa shape index (κ2) is 8.47. The number of benzene rings is 1. The molecule has 2 rings (SSSR count). The van der Waals surface area contributed by atoms with Crippen LogP contribution in [-0.4, -0.2) is 37.4 Å². The van der Waals surface area contributed by atoms with E-state index in [1.165, 1.54) is 31.5 Å². The Morgan fingerprint density at radius 1 is 1.26 bits per heavy atom. The number of urea groups is 1. The third-order valence-corrected chi connectivity index (χ3v) is 4.78. The third kappa shape index (κ3) is 5.39. The number of halogens is 1. The van der Waals surface area contributed by atoms with Gasteiger partial charge in [-0.15, -0.1) is 0 Å². The summed E-state index contributed by atoms with van der Waals surface area (Å²) in [7, 11) is -2.98. The van der Waals surface area contributed by atoms with Gasteiger partial charge < -0.3 is 10.1 Å². The number of aromatic nitrogens is 2. The molecule has 0 aliphatic heterocycles. The van der Waals surface area contributed by atoms with Crippen molar-refractivity contribution < 1.29 is 22.7 Å². The number of nitrogens with one attached hydrogen (secondary N) is 3. The SMILES string of the molecule is C=CC(=O)Nc1ccc(Cl)c(S(=O)(=O)NC(=O)Nc2nccc(OC)n2)c1. The number of ether oxygens (including phenoxy) is 1. The van der Waals surface area contributed by atoms with Crippen molar-refractivity contribution >= 4 is 45.2 Å². The lowest BCUT2D eigenvalue weighted by Gasteiger charge is -2.11. The number of rotatable bonds is 6. The summed E-state index contributed by atoms with van der Waals surface area (Å²) in [6, 6.07) is 4.09. The zero-order valence-corrected chi connectivity index (χ0v) is 15.5. The highest BCUT2D eigenvalue weighted by Crippen LogP contribution is 2.25. The lowest BCUT2D eigenvalue weighted by Crippen LogP contribution is -2.35. The van der Waals surface area contributed by atoms with E-state index in [9.17, 15) is 18.0 Å². The fraction of sp³-hybridized carbons (Fsp3) is 0.0667. The summed E-state index contributed by atoms with van der Waals surface area (Å²) >= 11 is 5.91. The maximum atomic E-state index is 12.4. The van der Waals surface area contributed by atoms with Crippen molar-refractivity contribution in [2.24, 2.45) is 0 Å². The molecule has 0 radical (unpaired) electrons. The minimum Gasteiger partial charge on any atom is -0.481 e. The van der Waals surface area contributed by atoms with Crippen LogP contribution in [0.2, 0.25) is 5.02 Å². The third-order valence-electron chi connectivity index (χ3n) is 2.97. The van der Waals surface area contributed by atoms with E-state index in [2.05, 4.69) is 27.2 Å². The van der Waals surface area contributed by atoms with Crippen LogP contribution in [0.3, 0.4) is 0 Å². The van der Waals surface area contributed by atoms with Gasteiger partial charge in [-0.3, -0.25) is 10.1 Å². The molecule has 0 saturated heterocycles. The first-order valence-corrected chi connectivity index (χ1v) is 9.05. The summed E-state index contributed by atoms with van der Waals surface area (Å²) in [5, 5.41) is 4.41. The molecular formula is C15H14ClN5O5S. The highest BCUT2D eigenvalue weighted by molar-refractivity contribution is 7.90. The minimum atomic E-state index is -4.35. The number of carbonyl (C=O) groups is 2. The Bertz CT molecular complexity index is 996. The van der Waals surface area contributed by atoms with Gasteiger partial charge in [0.2, 0.25) is 17.7 Å². The fourth-order valence-corrected chi connectivity index (χ4v) is 3.23. The zero-order valence-electron chi connectivity index (χ0n) is 13.9. The molecule has 12 heteroatoms. The van der Waals surface area contributed by atoms with Gasteiger partial charge in [-0.05, 0) is 24.3 Å². The lowest BCUT2D eigenvalue weighted by molar-refractivity contribution is -0.111. The van der Waals surface area contributed by atoms with E-state index in [4.69, 9.17) is 16.3 Å². The van der Waals surface area contributed by atoms with Crippen molar-refractivity contribution in [3.05, 3.63) is 48.1 Å². The molecule has 2 aromatic rings. The summed E-state index contributed by atoms with van der Waals surface area (Å²) < 4.78 is 31.5. The molecule has 0 atom stereocenters. The zero-order chi connectivity index (χ0) is 20.0. The smallest absolute Gasteiger partial charge is 0.335 e. The molecule has 10 nitrogen and oxygen atoms in total. The van der Waals surface area contributed by atoms with E-state index in [0.29, 0.717) is 0 Å². The van der Waals surface area contributed by atoms with Gasteiger partial charge in [0.25, 0.3) is 10.0 Å². The van der Waals surface area contributed by atoms with Crippen molar-refractivity contribution in [2.75, 3.05) is 17.7 Å². The molecule has 27 heavy (non-hydrogen) atoms. The van der Waals surface area contributed by atoms with Crippen LogP contribution in [0.15, 0.2) is 48.0 Å². The lowest BCUT2D eigenvalue weighted by atomic mass is 10.3. The largest absolute Gasteiger partial charge is 0.481 e. The fourth-order valence-electron chi connectivity index (χ4n) is 1.80. The molecule has 3 N–H and O–H groups in total. The normalized spacial score (nSPS) is 10.6. The van der Waals surface area contributed by atoms with Crippen LogP contribution in [0.25, 0.3) is 0 Å². The van der Waals surface area contributed by atoms with Crippen molar-refractivity contribution in [2.45, 2.75) is 4.90 Å². The van der Waals surface area contributed by atoms with E-state index in [1.54, 1.807) is 4.72 Å². The number of hydrogen-bond acceptors (Lipinski definition) is 7. The molecule has 1 heterocycles. The molecule has 0 aliphatic carbocycles. The number of carbonyl (C=O) groups excluding carboxylic acids is 2. The Labute approximate surface area is 159 Å². The van der Waals surface area contributed by atoms with Crippen LogP contribution in [0.4, 0.5) is 16.4 Å². The number of nitrogens with zero attached hydrogens (tertiary/aromatic N) is 2. The van der Waals surface area contributed by atoms with Crippen LogP contribution in [0.5, 0.6) is 5.88 Å². The van der Waals surface area contributed by atoms with E-state index in [-0.39, 0.29) is 22.5 Å². The first-order valence-electron chi connectivity index (χ1n) is 7.19. The molecule has 0 aliphatic rings. The average molecular weight is 412 g/mol. The Balaban J connectivity index is 2.19. The van der Waals surface area contributed by atoms with Gasteiger partial charge in [0.05, 0.1) is 12.1 Å². The Morgan fingerprint density at radius 3 is 2.67 bits per heavy atom. The Hall–Kier alpha value is -3.18. The van der Waals surface area contributed by atoms with E-state index in [0.717, 1.165) is 12.1 Å². The van der Waals surface area contributed by atoms with Crippen LogP contribution in [0.1, 0.15) is 0 Å². The number of amides is 3. The van der Waals surface area contributed by atoms with Crippen molar-refractivity contribution in [3.8, 4) is 5.88 Å². The van der Waals surface area contributed by atoms with Gasteiger partial charge in [-0.1, -0.05) is 18.2 Å². The second-order valence-corrected chi connectivity index (χ2v) is 6.88. The summed E-state index contributed by atoms with van der Waals surface area (Å²) in [6.45, 7) is 3.29. The van der Waals surface area contributed by atoms with Gasteiger partial charge in [0, 0.05) is 18.0 Å². The predicted molar refractivity (Wildman–Crippen MR) is 98.2 cm³/mol. The maximum absolute atomic E-state index is 12.4. The number of methoxy groups -OCH3 is 1. The summed E-state index contributed by atoms with van der Waals surface area (Å²) in [4.78, 5) is 30.5. The highest BCUT2D eigenvalue weighted by atomic mass is 35.5. The first-order chi connectivity index (χ1) is 12.7. The molecule has 0 unspecified atom stereocenters. The molecule has 0 fully saturated rings. The van der Waals surface area contributed by atoms with Crippen LogP contribution in [0, 0.1) is 0 Å². The Kier molecular flexibility index (Phi) is 6.32. The van der Waals surface area contributed by atoms with Gasteiger partial charge in [-0.25, -0.2) is 22.9 Å². The van der Waals surface area contributed by atoms with Crippen LogP contribution < -0.4 is 20.1 Å². The summed E-state index contributed by atoms with van der Waals surface area (Å²) in [6.07, 6.45) is 2.33. The quantitative estimate of drug-likeness (QED) is 0.615. The van der Waals surface area contributed by atoms with Gasteiger partial charge in [-0.2, -0.15) is 4.98 Å². The van der Waals surface area contributed by atoms with Crippen molar-refractivity contribution in [1.29, 1.82) is 0 Å². The Morgan fingerprint density at radius 2 is 2.00 bits per heavy atom. The van der Waals surface area contributed by atoms with E-state index < -0.39 is 26.9 Å². The highest BCUT2D eigenvalue weighted by Gasteiger charge is 2.22. The molecule has 0 spiro atoms. The van der Waals surface area contributed by atoms with Gasteiger partial charge in [0.1, 0.15) is 4.90 Å². The standard InChI is InChI=1S/C15H14ClN5O5S/c1-3-12(22)18-9-4-5-10(16)11(8-9)27(24,25)21-15(23)20-14-17-7-6-13(19-14)26-2/h3-8H,1H2,2H3,(H,18,22)(H2,17,19,20,21,23). The van der Waals surface area contributed by atoms with Crippen LogP contribution >= 0.6 is 11.6 Å². The molecule has 1 aromatic carbocycles. The summed E-state index contributed by atoms with van der Waals surface area (Å²) in [5.74, 6) is -0.529. The predicted octanol–water partition coefficient (Wildman–Crippen LogP) is 1.77. The molecular weight excluding hydrogens is 398 g/mol. The van der Waals surface area contributed by atoms with Gasteiger partial charge >= 0.3 is 6.03 Å². The number of hydrogen-bond donors (Lipinski definition) is 3. The van der Waals surface area contributed by atoms with E-state index >= 15 is 0 Å². The van der Waals surface area contributed by atoms with Gasteiger partial charge in [0.15, 0.2) is 0 Å². The first kappa shape index (κ1) is 20.1. The molecule has 1 aromatic heterocycles. The summed E-state index contributed by atoms with van der Waals surface area (Å²) in [5.41, 5.74) is 0.154. The average Bonchev–Trinajstić information content (AvgIpc) is 2.62. The minimum absolute atomic E-state index is 0.149. The maximum Gasteiger partial charge on any atom is 0.335 e. The van der Waals surface area contributed by atoms with Crippen LogP contribution in [-0.2, 0) is 14.8 Å². The molecule has 0 bridgehead atoms. The molecule has 142 valence electrons. The topological polar surface area (TPSA) is 139 Å².